The Morgan fingerprint density at radius 2 is 2.00 bits per heavy atom. The molecule has 0 atom stereocenters. The van der Waals surface area contributed by atoms with Gasteiger partial charge in [0.1, 0.15) is 0 Å². The fourth-order valence-electron chi connectivity index (χ4n) is 2.12. The Morgan fingerprint density at radius 1 is 1.26 bits per heavy atom. The van der Waals surface area contributed by atoms with Crippen molar-refractivity contribution < 1.29 is 9.90 Å². The van der Waals surface area contributed by atoms with E-state index >= 15 is 0 Å². The average molecular weight is 263 g/mol. The average Bonchev–Trinajstić information content (AvgIpc) is 2.39. The van der Waals surface area contributed by atoms with Gasteiger partial charge in [0.25, 0.3) is 0 Å². The Morgan fingerprint density at radius 3 is 2.63 bits per heavy atom. The minimum absolute atomic E-state index is 0.101. The third kappa shape index (κ3) is 5.13. The molecule has 0 saturated carbocycles. The quantitative estimate of drug-likeness (QED) is 0.733. The summed E-state index contributed by atoms with van der Waals surface area (Å²) in [4.78, 5) is 14.4. The number of aliphatic hydroxyl groups excluding tert-OH is 1. The van der Waals surface area contributed by atoms with E-state index in [0.717, 1.165) is 36.1 Å². The number of benzene rings is 1. The largest absolute Gasteiger partial charge is 0.395 e. The first-order valence-corrected chi connectivity index (χ1v) is 7.02. The van der Waals surface area contributed by atoms with Crippen molar-refractivity contribution in [2.45, 2.75) is 33.6 Å². The van der Waals surface area contributed by atoms with Crippen LogP contribution >= 0.6 is 0 Å². The molecule has 0 fully saturated rings. The van der Waals surface area contributed by atoms with Gasteiger partial charge in [0.15, 0.2) is 5.78 Å². The number of hydrogen-bond donors (Lipinski definition) is 1. The molecular weight excluding hydrogens is 238 g/mol. The van der Waals surface area contributed by atoms with Crippen molar-refractivity contribution in [2.24, 2.45) is 0 Å². The number of nitrogens with zero attached hydrogens (tertiary/aromatic N) is 1. The Hall–Kier alpha value is -1.19. The summed E-state index contributed by atoms with van der Waals surface area (Å²) < 4.78 is 0. The van der Waals surface area contributed by atoms with Gasteiger partial charge in [-0.1, -0.05) is 31.0 Å². The van der Waals surface area contributed by atoms with E-state index in [9.17, 15) is 4.79 Å². The zero-order chi connectivity index (χ0) is 14.3. The number of rotatable bonds is 8. The number of carbonyl (C=O) groups excluding carboxylic acids is 1. The summed E-state index contributed by atoms with van der Waals surface area (Å²) in [5, 5.41) is 9.07. The molecule has 1 N–H and O–H groups in total. The van der Waals surface area contributed by atoms with Gasteiger partial charge in [-0.05, 0) is 38.4 Å². The normalized spacial score (nSPS) is 11.0. The molecule has 19 heavy (non-hydrogen) atoms. The van der Waals surface area contributed by atoms with E-state index in [1.54, 1.807) is 0 Å². The summed E-state index contributed by atoms with van der Waals surface area (Å²) in [6.07, 6.45) is 2.15. The predicted molar refractivity (Wildman–Crippen MR) is 78.7 cm³/mol. The molecule has 0 saturated heterocycles. The first-order valence-electron chi connectivity index (χ1n) is 7.02. The molecule has 3 nitrogen and oxygen atoms in total. The maximum Gasteiger partial charge on any atom is 0.177 e. The molecule has 0 bridgehead atoms. The summed E-state index contributed by atoms with van der Waals surface area (Å²) in [6.45, 7) is 8.02. The molecule has 0 unspecified atom stereocenters. The zero-order valence-electron chi connectivity index (χ0n) is 12.3. The van der Waals surface area contributed by atoms with Gasteiger partial charge >= 0.3 is 0 Å². The van der Waals surface area contributed by atoms with Crippen molar-refractivity contribution in [1.82, 2.24) is 4.90 Å². The lowest BCUT2D eigenvalue weighted by atomic mass is 10.0. The van der Waals surface area contributed by atoms with E-state index in [4.69, 9.17) is 5.11 Å². The third-order valence-corrected chi connectivity index (χ3v) is 3.30. The van der Waals surface area contributed by atoms with Crippen LogP contribution in [0.3, 0.4) is 0 Å². The molecule has 0 aliphatic rings. The fourth-order valence-corrected chi connectivity index (χ4v) is 2.12. The molecule has 0 aliphatic heterocycles. The van der Waals surface area contributed by atoms with E-state index in [2.05, 4.69) is 6.92 Å². The molecule has 1 aromatic rings. The molecule has 0 aromatic heterocycles. The van der Waals surface area contributed by atoms with Gasteiger partial charge < -0.3 is 5.11 Å². The molecular formula is C16H25NO2. The van der Waals surface area contributed by atoms with Gasteiger partial charge in [0.2, 0.25) is 0 Å². The molecule has 1 aromatic carbocycles. The van der Waals surface area contributed by atoms with Gasteiger partial charge in [-0.15, -0.1) is 0 Å². The Labute approximate surface area is 116 Å². The summed E-state index contributed by atoms with van der Waals surface area (Å²) in [7, 11) is 0. The summed E-state index contributed by atoms with van der Waals surface area (Å²) in [6, 6.07) is 5.97. The second-order valence-electron chi connectivity index (χ2n) is 5.09. The van der Waals surface area contributed by atoms with E-state index in [0.29, 0.717) is 13.1 Å². The van der Waals surface area contributed by atoms with E-state index < -0.39 is 0 Å². The standard InChI is InChI=1S/C16H25NO2/c1-4-5-8-17(9-10-18)12-16(19)15-11-13(2)6-7-14(15)3/h6-7,11,18H,4-5,8-10,12H2,1-3H3. The van der Waals surface area contributed by atoms with Crippen molar-refractivity contribution in [1.29, 1.82) is 0 Å². The van der Waals surface area contributed by atoms with Crippen molar-refractivity contribution in [3.05, 3.63) is 34.9 Å². The van der Waals surface area contributed by atoms with E-state index in [-0.39, 0.29) is 12.4 Å². The highest BCUT2D eigenvalue weighted by Gasteiger charge is 2.14. The smallest absolute Gasteiger partial charge is 0.177 e. The molecule has 0 heterocycles. The minimum Gasteiger partial charge on any atom is -0.395 e. The topological polar surface area (TPSA) is 40.5 Å². The second-order valence-corrected chi connectivity index (χ2v) is 5.09. The third-order valence-electron chi connectivity index (χ3n) is 3.30. The van der Waals surface area contributed by atoms with Crippen molar-refractivity contribution >= 4 is 5.78 Å². The van der Waals surface area contributed by atoms with Crippen LogP contribution in [0.25, 0.3) is 0 Å². The minimum atomic E-state index is 0.101. The SMILES string of the molecule is CCCCN(CCO)CC(=O)c1cc(C)ccc1C. The highest BCUT2D eigenvalue weighted by molar-refractivity contribution is 5.99. The lowest BCUT2D eigenvalue weighted by Gasteiger charge is -2.20. The first kappa shape index (κ1) is 15.9. The van der Waals surface area contributed by atoms with Gasteiger partial charge in [-0.3, -0.25) is 9.69 Å². The van der Waals surface area contributed by atoms with Crippen LogP contribution in [-0.2, 0) is 0 Å². The number of aryl methyl sites for hydroxylation is 2. The lowest BCUT2D eigenvalue weighted by Crippen LogP contribution is -2.33. The van der Waals surface area contributed by atoms with Crippen molar-refractivity contribution in [2.75, 3.05) is 26.2 Å². The lowest BCUT2D eigenvalue weighted by molar-refractivity contribution is 0.0913. The predicted octanol–water partition coefficient (Wildman–Crippen LogP) is 2.58. The second kappa shape index (κ2) is 8.08. The van der Waals surface area contributed by atoms with Gasteiger partial charge in [-0.25, -0.2) is 0 Å². The van der Waals surface area contributed by atoms with Gasteiger partial charge in [-0.2, -0.15) is 0 Å². The first-order chi connectivity index (χ1) is 9.08. The number of Topliss-reactive ketones (excluding diaryl/α,β-unsaturated/α-hetero) is 1. The van der Waals surface area contributed by atoms with Crippen LogP contribution < -0.4 is 0 Å². The molecule has 0 aliphatic carbocycles. The fraction of sp³-hybridized carbons (Fsp3) is 0.562. The highest BCUT2D eigenvalue weighted by atomic mass is 16.3. The van der Waals surface area contributed by atoms with Crippen LogP contribution in [0.5, 0.6) is 0 Å². The molecule has 0 amide bonds. The summed E-state index contributed by atoms with van der Waals surface area (Å²) in [5.41, 5.74) is 2.94. The van der Waals surface area contributed by atoms with Gasteiger partial charge in [0, 0.05) is 12.1 Å². The summed E-state index contributed by atoms with van der Waals surface area (Å²) in [5.74, 6) is 0.144. The molecule has 1 rings (SSSR count). The Kier molecular flexibility index (Phi) is 6.74. The van der Waals surface area contributed by atoms with E-state index in [1.165, 1.54) is 0 Å². The maximum atomic E-state index is 12.3. The zero-order valence-corrected chi connectivity index (χ0v) is 12.3. The van der Waals surface area contributed by atoms with E-state index in [1.807, 2.05) is 36.9 Å². The monoisotopic (exact) mass is 263 g/mol. The van der Waals surface area contributed by atoms with Gasteiger partial charge in [0.05, 0.1) is 13.2 Å². The molecule has 0 spiro atoms. The number of ketones is 1. The van der Waals surface area contributed by atoms with Crippen LogP contribution in [0.2, 0.25) is 0 Å². The number of hydrogen-bond acceptors (Lipinski definition) is 3. The number of carbonyl (C=O) groups is 1. The molecule has 0 radical (unpaired) electrons. The van der Waals surface area contributed by atoms with Crippen LogP contribution in [0, 0.1) is 13.8 Å². The molecule has 3 heteroatoms. The number of unbranched alkanes of at least 4 members (excludes halogenated alkanes) is 1. The summed E-state index contributed by atoms with van der Waals surface area (Å²) >= 11 is 0. The van der Waals surface area contributed by atoms with Crippen molar-refractivity contribution in [3.63, 3.8) is 0 Å². The maximum absolute atomic E-state index is 12.3. The van der Waals surface area contributed by atoms with Crippen LogP contribution in [0.15, 0.2) is 18.2 Å². The number of aliphatic hydroxyl groups is 1. The van der Waals surface area contributed by atoms with Crippen LogP contribution in [0.4, 0.5) is 0 Å². The van der Waals surface area contributed by atoms with Crippen LogP contribution in [0.1, 0.15) is 41.3 Å². The van der Waals surface area contributed by atoms with Crippen LogP contribution in [-0.4, -0.2) is 42.0 Å². The van der Waals surface area contributed by atoms with Crippen molar-refractivity contribution in [3.8, 4) is 0 Å². The molecule has 106 valence electrons. The highest BCUT2D eigenvalue weighted by Crippen LogP contribution is 2.12. The Bertz CT molecular complexity index is 415. The Balaban J connectivity index is 2.72.